The summed E-state index contributed by atoms with van der Waals surface area (Å²) < 4.78 is 0. The van der Waals surface area contributed by atoms with Crippen molar-refractivity contribution in [3.8, 4) is 0 Å². The molecule has 0 nitrogen and oxygen atoms in total. The molecule has 0 spiro atoms. The summed E-state index contributed by atoms with van der Waals surface area (Å²) in [6.45, 7) is 0. The van der Waals surface area contributed by atoms with Gasteiger partial charge in [0, 0.05) is 18.2 Å². The van der Waals surface area contributed by atoms with Crippen LogP contribution in [0, 0.1) is 0 Å². The normalized spacial score (nSPS) is 8.00. The van der Waals surface area contributed by atoms with Crippen LogP contribution in [0.5, 0.6) is 0 Å². The van der Waals surface area contributed by atoms with E-state index in [0.717, 1.165) is 0 Å². The first kappa shape index (κ1) is 4.08. The molecule has 0 fully saturated rings. The molecule has 1 aromatic heterocycles. The summed E-state index contributed by atoms with van der Waals surface area (Å²) >= 11 is 0. The molecule has 6 heavy (non-hydrogen) atoms. The lowest BCUT2D eigenvalue weighted by Gasteiger charge is -1.68. The third kappa shape index (κ3) is 0.950. The maximum absolute atomic E-state index is 2.42. The van der Waals surface area contributed by atoms with E-state index in [1.165, 1.54) is 0 Å². The Labute approximate surface area is 41.7 Å². The second-order valence-corrected chi connectivity index (χ2v) is 4.23. The van der Waals surface area contributed by atoms with Crippen molar-refractivity contribution < 1.29 is 0 Å². The predicted octanol–water partition coefficient (Wildman–Crippen LogP) is -0.173. The summed E-state index contributed by atoms with van der Waals surface area (Å²) in [6.07, 6.45) is 0. The van der Waals surface area contributed by atoms with Crippen molar-refractivity contribution in [1.29, 1.82) is 0 Å². The van der Waals surface area contributed by atoms with Crippen molar-refractivity contribution >= 4 is 18.2 Å². The summed E-state index contributed by atoms with van der Waals surface area (Å²) in [6, 6.07) is 2.19. The lowest BCUT2D eigenvalue weighted by molar-refractivity contribution is 2.06. The zero-order valence-corrected chi connectivity index (χ0v) is 5.77. The van der Waals surface area contributed by atoms with Crippen LogP contribution in [0.1, 0.15) is 0 Å². The van der Waals surface area contributed by atoms with Gasteiger partial charge in [-0.05, 0) is 0 Å². The van der Waals surface area contributed by atoms with Gasteiger partial charge in [0.05, 0.1) is 0 Å². The van der Waals surface area contributed by atoms with Crippen molar-refractivity contribution in [2.75, 3.05) is 0 Å². The second-order valence-electron chi connectivity index (χ2n) is 1.15. The third-order valence-corrected chi connectivity index (χ3v) is 3.33. The molecule has 0 N–H and O–H groups in total. The predicted molar refractivity (Wildman–Crippen MR) is 31.9 cm³/mol. The highest BCUT2D eigenvalue weighted by Gasteiger charge is 1.59. The first-order valence-corrected chi connectivity index (χ1v) is 4.67. The molecule has 1 aromatic rings. The topological polar surface area (TPSA) is 0 Å². The highest BCUT2D eigenvalue weighted by Crippen LogP contribution is 1.65. The fourth-order valence-corrected chi connectivity index (χ4v) is 2.69. The van der Waals surface area contributed by atoms with Gasteiger partial charge < -0.3 is 0 Å². The van der Waals surface area contributed by atoms with E-state index in [1.807, 2.05) is 0 Å². The van der Waals surface area contributed by atoms with E-state index in [-0.39, 0.29) is 0 Å². The smallest absolute Gasteiger partial charge is 0.0150 e. The Morgan fingerprint density at radius 2 is 1.67 bits per heavy atom. The standard InChI is InChI=1S/C4H6Si2/c1-2-5-4-6-3-1/h1-6H. The number of hydrogen-bond donors (Lipinski definition) is 0. The van der Waals surface area contributed by atoms with Gasteiger partial charge in [-0.1, -0.05) is 22.7 Å². The Bertz CT molecular complexity index is 77.5. The highest BCUT2D eigenvalue weighted by atomic mass is 28.2. The first-order chi connectivity index (χ1) is 3.00. The fraction of sp³-hybridized carbons (Fsp3) is 0. The third-order valence-electron chi connectivity index (χ3n) is 0.667. The molecule has 0 atom stereocenters. The lowest BCUT2D eigenvalue weighted by atomic mass is 10.8. The molecular weight excluding hydrogens is 104 g/mol. The van der Waals surface area contributed by atoms with Gasteiger partial charge >= 0.3 is 0 Å². The first-order valence-electron chi connectivity index (χ1n) is 2.00. The van der Waals surface area contributed by atoms with Gasteiger partial charge in [0.1, 0.15) is 0 Å². The van der Waals surface area contributed by atoms with E-state index >= 15 is 0 Å². The van der Waals surface area contributed by atoms with Gasteiger partial charge in [0.2, 0.25) is 0 Å². The Hall–Kier alpha value is -0.0862. The summed E-state index contributed by atoms with van der Waals surface area (Å²) in [5.74, 6) is 0. The van der Waals surface area contributed by atoms with E-state index in [4.69, 9.17) is 0 Å². The van der Waals surface area contributed by atoms with E-state index in [9.17, 15) is 0 Å². The Balaban J connectivity index is 3.00. The Morgan fingerprint density at radius 3 is 1.83 bits per heavy atom. The zero-order valence-electron chi connectivity index (χ0n) is 3.46. The fourth-order valence-electron chi connectivity index (χ4n) is 0.385. The van der Waals surface area contributed by atoms with Crippen LogP contribution < -0.4 is 0 Å². The largest absolute Gasteiger partial charge is 0.0986 e. The lowest BCUT2D eigenvalue weighted by Crippen LogP contribution is -1.69. The molecule has 0 saturated heterocycles. The molecule has 30 valence electrons. The molecule has 0 aromatic carbocycles. The monoisotopic (exact) mass is 110 g/mol. The van der Waals surface area contributed by atoms with Crippen molar-refractivity contribution in [2.24, 2.45) is 0 Å². The summed E-state index contributed by atoms with van der Waals surface area (Å²) in [5, 5.41) is 2.42. The van der Waals surface area contributed by atoms with Gasteiger partial charge in [0.15, 0.2) is 0 Å². The maximum Gasteiger partial charge on any atom is 0.0150 e. The Morgan fingerprint density at radius 1 is 1.00 bits per heavy atom. The maximum atomic E-state index is 2.42. The minimum absolute atomic E-state index is 0.605. The van der Waals surface area contributed by atoms with Crippen LogP contribution in [0.3, 0.4) is 0 Å². The van der Waals surface area contributed by atoms with Crippen LogP contribution >= 0.6 is 0 Å². The number of rotatable bonds is 0. The van der Waals surface area contributed by atoms with Crippen LogP contribution in [0.2, 0.25) is 0 Å². The van der Waals surface area contributed by atoms with Gasteiger partial charge in [-0.2, -0.15) is 0 Å². The van der Waals surface area contributed by atoms with Gasteiger partial charge in [0.25, 0.3) is 0 Å². The van der Waals surface area contributed by atoms with Crippen molar-refractivity contribution in [3.05, 3.63) is 22.7 Å². The Kier molecular flexibility index (Phi) is 1.46. The summed E-state index contributed by atoms with van der Waals surface area (Å²) in [4.78, 5) is 0. The average molecular weight is 110 g/mol. The van der Waals surface area contributed by atoms with Crippen molar-refractivity contribution in [2.45, 2.75) is 0 Å². The quantitative estimate of drug-likeness (QED) is 0.407. The highest BCUT2D eigenvalue weighted by molar-refractivity contribution is 6.44. The van der Waals surface area contributed by atoms with E-state index in [1.54, 1.807) is 0 Å². The van der Waals surface area contributed by atoms with Crippen molar-refractivity contribution in [3.63, 3.8) is 0 Å². The molecule has 1 heterocycles. The molecule has 0 aliphatic carbocycles. The molecule has 0 unspecified atom stereocenters. The van der Waals surface area contributed by atoms with Gasteiger partial charge in [-0.15, -0.1) is 0 Å². The van der Waals surface area contributed by atoms with Crippen molar-refractivity contribution in [1.82, 2.24) is 0 Å². The van der Waals surface area contributed by atoms with Gasteiger partial charge in [-0.25, -0.2) is 0 Å². The molecule has 0 bridgehead atoms. The van der Waals surface area contributed by atoms with E-state index < -0.39 is 0 Å². The zero-order chi connectivity index (χ0) is 4.24. The molecular formula is C4H6Si2. The van der Waals surface area contributed by atoms with Crippen LogP contribution in [-0.2, 0) is 0 Å². The molecule has 1 rings (SSSR count). The minimum atomic E-state index is 0.605. The molecule has 0 amide bonds. The molecule has 0 aliphatic heterocycles. The van der Waals surface area contributed by atoms with Gasteiger partial charge in [-0.3, -0.25) is 0 Å². The van der Waals surface area contributed by atoms with E-state index in [0.29, 0.717) is 18.2 Å². The second kappa shape index (κ2) is 2.15. The summed E-state index contributed by atoms with van der Waals surface area (Å²) in [5.41, 5.74) is 4.52. The van der Waals surface area contributed by atoms with Crippen LogP contribution in [0.15, 0.2) is 22.7 Å². The number of hydrogen-bond acceptors (Lipinski definition) is 0. The SMILES string of the molecule is c1c[siH]c[siH]c1. The minimum Gasteiger partial charge on any atom is -0.0986 e. The molecule has 0 radical (unpaired) electrons. The summed E-state index contributed by atoms with van der Waals surface area (Å²) in [7, 11) is 1.21. The van der Waals surface area contributed by atoms with Crippen LogP contribution in [-0.4, -0.2) is 18.2 Å². The molecule has 2 heteroatoms. The van der Waals surface area contributed by atoms with E-state index in [2.05, 4.69) is 22.7 Å². The van der Waals surface area contributed by atoms with Crippen LogP contribution in [0.4, 0.5) is 0 Å². The molecule has 0 saturated carbocycles. The average Bonchev–Trinajstić information content (AvgIpc) is 1.72. The van der Waals surface area contributed by atoms with Crippen LogP contribution in [0.25, 0.3) is 0 Å². The molecule has 0 aliphatic rings.